The Hall–Kier alpha value is -0.960. The number of hydrogen-bond donors (Lipinski definition) is 1. The molecule has 0 heterocycles. The number of benzene rings is 1. The summed E-state index contributed by atoms with van der Waals surface area (Å²) in [4.78, 5) is 0. The molecule has 0 aromatic heterocycles. The molecule has 1 nitrogen and oxygen atoms in total. The SMILES string of the molecule is O[C@@]1(c2ccccc2)[C@H]2[C@H]3C[C@@H]4[C@@H]5[C@@H]3[C@H]1[C@H]5C(F)(F)[C@H]42. The zero-order valence-electron chi connectivity index (χ0n) is 10.9. The van der Waals surface area contributed by atoms with Crippen LogP contribution in [0, 0.1) is 47.3 Å². The standard InChI is InChI=1S/C17H16F2O/c18-17(19)13-9-6-8-10-11(9)15(17)14(10)16(20,12(8)13)7-4-2-1-3-5-7/h1-5,8-15,20H,6H2/t8-,9+,10+,11+,12-,13+,14-,15-,16-/m0/s1. The summed E-state index contributed by atoms with van der Waals surface area (Å²) >= 11 is 0. The van der Waals surface area contributed by atoms with Gasteiger partial charge in [0.1, 0.15) is 0 Å². The van der Waals surface area contributed by atoms with Crippen LogP contribution < -0.4 is 0 Å². The van der Waals surface area contributed by atoms with Crippen LogP contribution in [0.2, 0.25) is 0 Å². The second-order valence-electron chi connectivity index (χ2n) is 7.69. The molecule has 0 spiro atoms. The quantitative estimate of drug-likeness (QED) is 0.835. The van der Waals surface area contributed by atoms with Crippen LogP contribution in [0.3, 0.4) is 0 Å². The summed E-state index contributed by atoms with van der Waals surface area (Å²) in [6.07, 6.45) is 0.947. The van der Waals surface area contributed by atoms with E-state index in [1.165, 1.54) is 0 Å². The van der Waals surface area contributed by atoms with Crippen LogP contribution >= 0.6 is 0 Å². The summed E-state index contributed by atoms with van der Waals surface area (Å²) in [6.45, 7) is 0. The third-order valence-corrected chi connectivity index (χ3v) is 7.64. The van der Waals surface area contributed by atoms with Crippen LogP contribution in [0.4, 0.5) is 8.78 Å². The highest BCUT2D eigenvalue weighted by Crippen LogP contribution is 2.89. The maximum atomic E-state index is 14.6. The Kier molecular flexibility index (Phi) is 1.45. The minimum Gasteiger partial charge on any atom is -0.385 e. The predicted molar refractivity (Wildman–Crippen MR) is 67.8 cm³/mol. The van der Waals surface area contributed by atoms with E-state index in [0.29, 0.717) is 11.8 Å². The zero-order valence-corrected chi connectivity index (χ0v) is 10.9. The molecule has 0 unspecified atom stereocenters. The third kappa shape index (κ3) is 0.739. The lowest BCUT2D eigenvalue weighted by Crippen LogP contribution is -2.59. The highest BCUT2D eigenvalue weighted by molar-refractivity contribution is 5.41. The lowest BCUT2D eigenvalue weighted by molar-refractivity contribution is -0.238. The monoisotopic (exact) mass is 274 g/mol. The first-order valence-electron chi connectivity index (χ1n) is 7.73. The van der Waals surface area contributed by atoms with Crippen molar-refractivity contribution in [1.82, 2.24) is 0 Å². The maximum Gasteiger partial charge on any atom is 0.255 e. The van der Waals surface area contributed by atoms with Gasteiger partial charge in [0.2, 0.25) is 0 Å². The summed E-state index contributed by atoms with van der Waals surface area (Å²) in [5, 5.41) is 11.4. The van der Waals surface area contributed by atoms with Crippen LogP contribution in [-0.4, -0.2) is 11.0 Å². The lowest BCUT2D eigenvalue weighted by Gasteiger charge is -2.54. The van der Waals surface area contributed by atoms with Crippen LogP contribution in [-0.2, 0) is 5.60 Å². The number of fused-ring (bicyclic) bond motifs is 2. The third-order valence-electron chi connectivity index (χ3n) is 7.64. The van der Waals surface area contributed by atoms with Gasteiger partial charge in [-0.15, -0.1) is 0 Å². The summed E-state index contributed by atoms with van der Waals surface area (Å²) in [6, 6.07) is 9.62. The Labute approximate surface area is 116 Å². The Balaban J connectivity index is 1.62. The average molecular weight is 274 g/mol. The summed E-state index contributed by atoms with van der Waals surface area (Å²) in [5.41, 5.74) is -0.0935. The largest absolute Gasteiger partial charge is 0.385 e. The summed E-state index contributed by atoms with van der Waals surface area (Å²) < 4.78 is 29.3. The molecule has 1 N–H and O–H groups in total. The first kappa shape index (κ1) is 10.7. The van der Waals surface area contributed by atoms with Crippen molar-refractivity contribution in [2.24, 2.45) is 47.3 Å². The van der Waals surface area contributed by atoms with Crippen molar-refractivity contribution in [2.45, 2.75) is 17.9 Å². The van der Waals surface area contributed by atoms with Crippen molar-refractivity contribution in [3.8, 4) is 0 Å². The van der Waals surface area contributed by atoms with E-state index < -0.39 is 23.4 Å². The van der Waals surface area contributed by atoms with Gasteiger partial charge in [0.25, 0.3) is 5.92 Å². The number of halogens is 2. The number of alkyl halides is 2. The van der Waals surface area contributed by atoms with Gasteiger partial charge in [0.15, 0.2) is 0 Å². The molecule has 0 amide bonds. The Bertz CT molecular complexity index is 629. The van der Waals surface area contributed by atoms with Gasteiger partial charge in [0, 0.05) is 23.7 Å². The minimum atomic E-state index is -2.52. The van der Waals surface area contributed by atoms with Crippen molar-refractivity contribution < 1.29 is 13.9 Å². The van der Waals surface area contributed by atoms with Gasteiger partial charge >= 0.3 is 0 Å². The van der Waals surface area contributed by atoms with Gasteiger partial charge in [-0.2, -0.15) is 0 Å². The molecule has 5 aliphatic carbocycles. The van der Waals surface area contributed by atoms with Crippen molar-refractivity contribution in [3.05, 3.63) is 35.9 Å². The van der Waals surface area contributed by atoms with Crippen molar-refractivity contribution in [1.29, 1.82) is 0 Å². The molecular weight excluding hydrogens is 258 g/mol. The van der Waals surface area contributed by atoms with Gasteiger partial charge in [-0.25, -0.2) is 8.78 Å². The van der Waals surface area contributed by atoms with E-state index in [4.69, 9.17) is 0 Å². The highest BCUT2D eigenvalue weighted by atomic mass is 19.3. The Morgan fingerprint density at radius 3 is 2.30 bits per heavy atom. The Morgan fingerprint density at radius 2 is 1.55 bits per heavy atom. The van der Waals surface area contributed by atoms with E-state index >= 15 is 0 Å². The molecule has 0 saturated heterocycles. The molecule has 2 bridgehead atoms. The Morgan fingerprint density at radius 1 is 0.900 bits per heavy atom. The number of aliphatic hydroxyl groups is 1. The van der Waals surface area contributed by atoms with Gasteiger partial charge < -0.3 is 5.11 Å². The lowest BCUT2D eigenvalue weighted by atomic mass is 9.54. The molecule has 20 heavy (non-hydrogen) atoms. The van der Waals surface area contributed by atoms with E-state index in [2.05, 4.69) is 0 Å². The first-order valence-corrected chi connectivity index (χ1v) is 7.73. The van der Waals surface area contributed by atoms with Gasteiger partial charge in [-0.1, -0.05) is 30.3 Å². The maximum absolute atomic E-state index is 14.6. The normalized spacial score (nSPS) is 62.1. The molecule has 5 saturated carbocycles. The van der Waals surface area contributed by atoms with E-state index in [1.807, 2.05) is 30.3 Å². The van der Waals surface area contributed by atoms with Crippen LogP contribution in [0.25, 0.3) is 0 Å². The molecule has 5 fully saturated rings. The highest BCUT2D eigenvalue weighted by Gasteiger charge is 2.92. The number of rotatable bonds is 1. The molecule has 6 rings (SSSR count). The van der Waals surface area contributed by atoms with Crippen molar-refractivity contribution >= 4 is 0 Å². The molecule has 1 aromatic rings. The number of hydrogen-bond acceptors (Lipinski definition) is 1. The fourth-order valence-corrected chi connectivity index (χ4v) is 7.57. The van der Waals surface area contributed by atoms with Gasteiger partial charge in [-0.3, -0.25) is 0 Å². The first-order chi connectivity index (χ1) is 9.58. The van der Waals surface area contributed by atoms with E-state index in [-0.39, 0.29) is 23.7 Å². The average Bonchev–Trinajstić information content (AvgIpc) is 2.91. The van der Waals surface area contributed by atoms with E-state index in [0.717, 1.165) is 12.0 Å². The second kappa shape index (κ2) is 2.70. The topological polar surface area (TPSA) is 20.2 Å². The molecule has 3 heteroatoms. The molecule has 0 aliphatic heterocycles. The zero-order chi connectivity index (χ0) is 13.4. The minimum absolute atomic E-state index is 0.191. The van der Waals surface area contributed by atoms with Crippen molar-refractivity contribution in [3.63, 3.8) is 0 Å². The fraction of sp³-hybridized carbons (Fsp3) is 0.647. The smallest absolute Gasteiger partial charge is 0.255 e. The molecule has 104 valence electrons. The second-order valence-corrected chi connectivity index (χ2v) is 7.69. The van der Waals surface area contributed by atoms with Crippen molar-refractivity contribution in [2.75, 3.05) is 0 Å². The van der Waals surface area contributed by atoms with E-state index in [1.54, 1.807) is 0 Å². The molecule has 9 atom stereocenters. The van der Waals surface area contributed by atoms with E-state index in [9.17, 15) is 13.9 Å². The van der Waals surface area contributed by atoms with Crippen LogP contribution in [0.5, 0.6) is 0 Å². The van der Waals surface area contributed by atoms with Crippen LogP contribution in [0.15, 0.2) is 30.3 Å². The van der Waals surface area contributed by atoms with Gasteiger partial charge in [0.05, 0.1) is 5.60 Å². The van der Waals surface area contributed by atoms with Crippen LogP contribution in [0.1, 0.15) is 12.0 Å². The predicted octanol–water partition coefficient (Wildman–Crippen LogP) is 2.90. The molecule has 5 aliphatic rings. The van der Waals surface area contributed by atoms with Gasteiger partial charge in [-0.05, 0) is 35.7 Å². The summed E-state index contributed by atoms with van der Waals surface area (Å²) in [7, 11) is 0. The summed E-state index contributed by atoms with van der Waals surface area (Å²) in [5.74, 6) is -2.85. The molecule has 0 radical (unpaired) electrons. The molecular formula is C17H16F2O. The fourth-order valence-electron chi connectivity index (χ4n) is 7.57. The molecule has 1 aromatic carbocycles.